The van der Waals surface area contributed by atoms with Gasteiger partial charge in [0.05, 0.1) is 11.8 Å². The summed E-state index contributed by atoms with van der Waals surface area (Å²) in [4.78, 5) is 22.8. The van der Waals surface area contributed by atoms with E-state index in [1.807, 2.05) is 0 Å². The Balaban J connectivity index is 4.71. The van der Waals surface area contributed by atoms with Crippen LogP contribution in [0.2, 0.25) is 0 Å². The van der Waals surface area contributed by atoms with Gasteiger partial charge in [0, 0.05) is 0 Å². The lowest BCUT2D eigenvalue weighted by atomic mass is 9.88. The average molecular weight is 230 g/mol. The predicted octanol–water partition coefficient (Wildman–Crippen LogP) is 2.47. The normalized spacial score (nSPS) is 15.3. The van der Waals surface area contributed by atoms with Crippen LogP contribution in [-0.4, -0.2) is 22.6 Å². The Hall–Kier alpha value is -1.06. The number of carbonyl (C=O) groups is 2. The molecule has 0 heterocycles. The van der Waals surface area contributed by atoms with Gasteiger partial charge in [0.25, 0.3) is 0 Å². The monoisotopic (exact) mass is 230 g/mol. The second kappa shape index (κ2) is 5.87. The Labute approximate surface area is 97.0 Å². The third-order valence-electron chi connectivity index (χ3n) is 2.39. The molecule has 0 aliphatic carbocycles. The van der Waals surface area contributed by atoms with Gasteiger partial charge in [-0.3, -0.25) is 9.59 Å². The Morgan fingerprint density at radius 1 is 1.12 bits per heavy atom. The number of carboxylic acid groups (broad SMARTS) is 1. The van der Waals surface area contributed by atoms with Crippen LogP contribution in [0.4, 0.5) is 0 Å². The molecule has 0 radical (unpaired) electrons. The second-order valence-corrected chi connectivity index (χ2v) is 4.90. The van der Waals surface area contributed by atoms with Crippen LogP contribution in [-0.2, 0) is 14.3 Å². The van der Waals surface area contributed by atoms with Gasteiger partial charge in [-0.15, -0.1) is 0 Å². The molecule has 94 valence electrons. The third-order valence-corrected chi connectivity index (χ3v) is 2.39. The van der Waals surface area contributed by atoms with Gasteiger partial charge in [0.2, 0.25) is 0 Å². The molecule has 0 aromatic heterocycles. The van der Waals surface area contributed by atoms with Crippen molar-refractivity contribution in [3.8, 4) is 0 Å². The van der Waals surface area contributed by atoms with Crippen LogP contribution >= 0.6 is 0 Å². The first kappa shape index (κ1) is 14.9. The molecular formula is C12H22O4. The summed E-state index contributed by atoms with van der Waals surface area (Å²) in [6.07, 6.45) is 0.923. The number of hydrogen-bond acceptors (Lipinski definition) is 3. The van der Waals surface area contributed by atoms with Crippen molar-refractivity contribution in [2.45, 2.75) is 53.1 Å². The maximum atomic E-state index is 11.8. The fourth-order valence-electron chi connectivity index (χ4n) is 1.62. The Morgan fingerprint density at radius 3 is 1.81 bits per heavy atom. The maximum absolute atomic E-state index is 11.8. The third kappa shape index (κ3) is 4.64. The van der Waals surface area contributed by atoms with E-state index in [0.717, 1.165) is 0 Å². The van der Waals surface area contributed by atoms with Crippen molar-refractivity contribution < 1.29 is 19.4 Å². The molecule has 0 saturated carbocycles. The molecular weight excluding hydrogens is 208 g/mol. The lowest BCUT2D eigenvalue weighted by Crippen LogP contribution is -2.35. The number of esters is 1. The van der Waals surface area contributed by atoms with Crippen molar-refractivity contribution >= 4 is 11.9 Å². The molecule has 0 spiro atoms. The molecule has 4 heteroatoms. The summed E-state index contributed by atoms with van der Waals surface area (Å²) in [6, 6.07) is 0. The van der Waals surface area contributed by atoms with Crippen molar-refractivity contribution in [2.24, 2.45) is 11.8 Å². The largest absolute Gasteiger partial charge is 0.481 e. The van der Waals surface area contributed by atoms with Gasteiger partial charge in [-0.25, -0.2) is 0 Å². The highest BCUT2D eigenvalue weighted by atomic mass is 16.6. The van der Waals surface area contributed by atoms with Crippen LogP contribution in [0.25, 0.3) is 0 Å². The smallest absolute Gasteiger partial charge is 0.310 e. The van der Waals surface area contributed by atoms with E-state index in [1.54, 1.807) is 34.6 Å². The van der Waals surface area contributed by atoms with E-state index in [2.05, 4.69) is 0 Å². The lowest BCUT2D eigenvalue weighted by Gasteiger charge is -2.26. The summed E-state index contributed by atoms with van der Waals surface area (Å²) >= 11 is 0. The van der Waals surface area contributed by atoms with Gasteiger partial charge in [-0.1, -0.05) is 13.8 Å². The molecule has 0 fully saturated rings. The van der Waals surface area contributed by atoms with E-state index >= 15 is 0 Å². The molecule has 4 nitrogen and oxygen atoms in total. The minimum Gasteiger partial charge on any atom is -0.481 e. The van der Waals surface area contributed by atoms with E-state index in [9.17, 15) is 9.59 Å². The zero-order valence-electron chi connectivity index (χ0n) is 10.7. The average Bonchev–Trinajstić information content (AvgIpc) is 2.09. The van der Waals surface area contributed by atoms with Gasteiger partial charge in [0.15, 0.2) is 0 Å². The van der Waals surface area contributed by atoms with E-state index in [-0.39, 0.29) is 0 Å². The van der Waals surface area contributed by atoms with Crippen molar-refractivity contribution in [1.82, 2.24) is 0 Å². The first-order valence-corrected chi connectivity index (χ1v) is 5.68. The number of rotatable bonds is 5. The number of carboxylic acids is 1. The molecule has 0 aromatic carbocycles. The summed E-state index contributed by atoms with van der Waals surface area (Å²) < 4.78 is 5.22. The molecule has 0 rings (SSSR count). The van der Waals surface area contributed by atoms with Crippen molar-refractivity contribution in [2.75, 3.05) is 0 Å². The number of hydrogen-bond donors (Lipinski definition) is 1. The summed E-state index contributed by atoms with van der Waals surface area (Å²) in [6.45, 7) is 8.91. The van der Waals surface area contributed by atoms with E-state index in [0.29, 0.717) is 12.8 Å². The zero-order chi connectivity index (χ0) is 12.9. The van der Waals surface area contributed by atoms with Gasteiger partial charge in [-0.2, -0.15) is 0 Å². The lowest BCUT2D eigenvalue weighted by molar-refractivity contribution is -0.166. The molecule has 16 heavy (non-hydrogen) atoms. The summed E-state index contributed by atoms with van der Waals surface area (Å²) in [5, 5.41) is 9.01. The zero-order valence-corrected chi connectivity index (χ0v) is 10.7. The predicted molar refractivity (Wildman–Crippen MR) is 61.0 cm³/mol. The molecule has 2 atom stereocenters. The molecule has 0 unspecified atom stereocenters. The van der Waals surface area contributed by atoms with E-state index in [4.69, 9.17) is 9.84 Å². The van der Waals surface area contributed by atoms with Crippen LogP contribution in [0.1, 0.15) is 47.5 Å². The topological polar surface area (TPSA) is 63.6 Å². The molecule has 0 aromatic rings. The Bertz CT molecular complexity index is 252. The standard InChI is InChI=1S/C12H22O4/c1-6-8(10(13)14)9(7-2)11(15)16-12(3,4)5/h8-9H,6-7H2,1-5H3,(H,13,14)/t8-,9+/m0/s1. The van der Waals surface area contributed by atoms with Crippen LogP contribution < -0.4 is 0 Å². The Kier molecular flexibility index (Phi) is 5.48. The van der Waals surface area contributed by atoms with Crippen molar-refractivity contribution in [3.63, 3.8) is 0 Å². The minimum atomic E-state index is -0.930. The SMILES string of the molecule is CC[C@H](C(=O)O)[C@@H](CC)C(=O)OC(C)(C)C. The van der Waals surface area contributed by atoms with Crippen LogP contribution in [0.15, 0.2) is 0 Å². The molecule has 0 aliphatic rings. The molecule has 0 saturated heterocycles. The van der Waals surface area contributed by atoms with Crippen LogP contribution in [0.3, 0.4) is 0 Å². The molecule has 0 bridgehead atoms. The molecule has 0 aliphatic heterocycles. The van der Waals surface area contributed by atoms with Gasteiger partial charge in [-0.05, 0) is 33.6 Å². The van der Waals surface area contributed by atoms with Gasteiger partial charge in [0.1, 0.15) is 5.60 Å². The van der Waals surface area contributed by atoms with Crippen LogP contribution in [0, 0.1) is 11.8 Å². The summed E-state index contributed by atoms with van der Waals surface area (Å²) in [7, 11) is 0. The second-order valence-electron chi connectivity index (χ2n) is 4.90. The van der Waals surface area contributed by atoms with E-state index < -0.39 is 29.4 Å². The quantitative estimate of drug-likeness (QED) is 0.737. The maximum Gasteiger partial charge on any atom is 0.310 e. The van der Waals surface area contributed by atoms with Crippen LogP contribution in [0.5, 0.6) is 0 Å². The van der Waals surface area contributed by atoms with Gasteiger partial charge < -0.3 is 9.84 Å². The fourth-order valence-corrected chi connectivity index (χ4v) is 1.62. The highest BCUT2D eigenvalue weighted by Crippen LogP contribution is 2.23. The summed E-state index contributed by atoms with van der Waals surface area (Å²) in [5.74, 6) is -2.55. The number of ether oxygens (including phenoxy) is 1. The van der Waals surface area contributed by atoms with Gasteiger partial charge >= 0.3 is 11.9 Å². The highest BCUT2D eigenvalue weighted by molar-refractivity contribution is 5.81. The Morgan fingerprint density at radius 2 is 1.56 bits per heavy atom. The van der Waals surface area contributed by atoms with Crippen molar-refractivity contribution in [3.05, 3.63) is 0 Å². The minimum absolute atomic E-state index is 0.413. The first-order valence-electron chi connectivity index (χ1n) is 5.68. The number of aliphatic carboxylic acids is 1. The van der Waals surface area contributed by atoms with Crippen molar-refractivity contribution in [1.29, 1.82) is 0 Å². The summed E-state index contributed by atoms with van der Waals surface area (Å²) in [5.41, 5.74) is -0.568. The molecule has 0 amide bonds. The van der Waals surface area contributed by atoms with E-state index in [1.165, 1.54) is 0 Å². The first-order chi connectivity index (χ1) is 7.22. The highest BCUT2D eigenvalue weighted by Gasteiger charge is 2.33. The molecule has 1 N–H and O–H groups in total. The number of carbonyl (C=O) groups excluding carboxylic acids is 1. The fraction of sp³-hybridized carbons (Fsp3) is 0.833.